The average molecular weight is 348 g/mol. The number of hydrogen-bond donors (Lipinski definition) is 1. The van der Waals surface area contributed by atoms with Crippen molar-refractivity contribution in [1.29, 1.82) is 0 Å². The first-order valence-electron chi connectivity index (χ1n) is 4.30. The molecule has 0 aliphatic heterocycles. The molecular formula is C7H4F12S. The van der Waals surface area contributed by atoms with E-state index in [1.54, 1.807) is 0 Å². The lowest BCUT2D eigenvalue weighted by atomic mass is 9.96. The Hall–Kier alpha value is -0.490. The van der Waals surface area contributed by atoms with Gasteiger partial charge in [0.25, 0.3) is 6.43 Å². The van der Waals surface area contributed by atoms with Crippen molar-refractivity contribution in [2.75, 3.05) is 0 Å². The summed E-state index contributed by atoms with van der Waals surface area (Å²) < 4.78 is 148. The van der Waals surface area contributed by atoms with E-state index in [4.69, 9.17) is 0 Å². The molecule has 0 radical (unpaired) electrons. The Balaban J connectivity index is 5.84. The molecule has 0 aliphatic rings. The molecule has 0 aliphatic carbocycles. The molecule has 0 aromatic heterocycles. The zero-order valence-corrected chi connectivity index (χ0v) is 9.61. The summed E-state index contributed by atoms with van der Waals surface area (Å²) in [7, 11) is 0. The number of halogens is 12. The van der Waals surface area contributed by atoms with Crippen LogP contribution in [0.15, 0.2) is 0 Å². The second-order valence-corrected chi connectivity index (χ2v) is 3.92. The highest BCUT2D eigenvalue weighted by Gasteiger charge is 2.84. The predicted octanol–water partition coefficient (Wildman–Crippen LogP) is 4.36. The molecule has 2 atom stereocenters. The Morgan fingerprint density at radius 3 is 1.15 bits per heavy atom. The van der Waals surface area contributed by atoms with Gasteiger partial charge in [0.05, 0.1) is 0 Å². The topological polar surface area (TPSA) is 0 Å². The van der Waals surface area contributed by atoms with E-state index < -0.39 is 41.8 Å². The van der Waals surface area contributed by atoms with Gasteiger partial charge < -0.3 is 0 Å². The molecular weight excluding hydrogens is 344 g/mol. The Morgan fingerprint density at radius 1 is 0.600 bits per heavy atom. The predicted molar refractivity (Wildman–Crippen MR) is 44.6 cm³/mol. The summed E-state index contributed by atoms with van der Waals surface area (Å²) in [5.74, 6) is -27.8. The minimum absolute atomic E-state index is 2.08. The lowest BCUT2D eigenvalue weighted by Gasteiger charge is -2.37. The molecule has 0 N–H and O–H groups in total. The van der Waals surface area contributed by atoms with Gasteiger partial charge in [-0.2, -0.15) is 35.1 Å². The molecule has 20 heavy (non-hydrogen) atoms. The fourth-order valence-corrected chi connectivity index (χ4v) is 1.06. The van der Waals surface area contributed by atoms with Crippen molar-refractivity contribution in [3.8, 4) is 0 Å². The number of alkyl halides is 12. The first-order valence-corrected chi connectivity index (χ1v) is 4.82. The van der Waals surface area contributed by atoms with Crippen molar-refractivity contribution in [1.82, 2.24) is 0 Å². The lowest BCUT2D eigenvalue weighted by Crippen LogP contribution is -2.67. The molecule has 0 aromatic carbocycles. The lowest BCUT2D eigenvalue weighted by molar-refractivity contribution is -0.383. The summed E-state index contributed by atoms with van der Waals surface area (Å²) in [5, 5.41) is 0. The van der Waals surface area contributed by atoms with Crippen molar-refractivity contribution in [3.63, 3.8) is 0 Å². The Morgan fingerprint density at radius 2 is 0.900 bits per heavy atom. The van der Waals surface area contributed by atoms with E-state index in [1.807, 2.05) is 0 Å². The van der Waals surface area contributed by atoms with E-state index in [1.165, 1.54) is 0 Å². The SMILES string of the molecule is FC(F)C(F)C(F)(F)C(F)(F)C(F)(F)C(F)(F)C(F)S. The fourth-order valence-electron chi connectivity index (χ4n) is 0.900. The van der Waals surface area contributed by atoms with Gasteiger partial charge in [0.2, 0.25) is 11.7 Å². The summed E-state index contributed by atoms with van der Waals surface area (Å²) >= 11 is 2.08. The van der Waals surface area contributed by atoms with Crippen LogP contribution in [0.25, 0.3) is 0 Å². The maximum atomic E-state index is 12.7. The quantitative estimate of drug-likeness (QED) is 0.535. The first kappa shape index (κ1) is 19.5. The number of rotatable bonds is 6. The van der Waals surface area contributed by atoms with E-state index in [2.05, 4.69) is 12.6 Å². The van der Waals surface area contributed by atoms with Crippen LogP contribution in [-0.4, -0.2) is 41.8 Å². The van der Waals surface area contributed by atoms with Crippen LogP contribution < -0.4 is 0 Å². The van der Waals surface area contributed by atoms with Crippen LogP contribution in [0.5, 0.6) is 0 Å². The molecule has 0 rings (SSSR count). The van der Waals surface area contributed by atoms with Crippen molar-refractivity contribution in [3.05, 3.63) is 0 Å². The third-order valence-electron chi connectivity index (χ3n) is 2.10. The van der Waals surface area contributed by atoms with E-state index >= 15 is 0 Å². The molecule has 13 heteroatoms. The van der Waals surface area contributed by atoms with Gasteiger partial charge >= 0.3 is 23.7 Å². The molecule has 0 fully saturated rings. The third-order valence-corrected chi connectivity index (χ3v) is 2.42. The molecule has 0 nitrogen and oxygen atoms in total. The molecule has 0 saturated heterocycles. The van der Waals surface area contributed by atoms with Crippen LogP contribution >= 0.6 is 12.6 Å². The van der Waals surface area contributed by atoms with Crippen LogP contribution in [0.3, 0.4) is 0 Å². The molecule has 122 valence electrons. The molecule has 0 spiro atoms. The highest BCUT2D eigenvalue weighted by molar-refractivity contribution is 7.80. The highest BCUT2D eigenvalue weighted by Crippen LogP contribution is 2.56. The maximum Gasteiger partial charge on any atom is 0.382 e. The number of thiol groups is 1. The minimum Gasteiger partial charge on any atom is -0.234 e. The van der Waals surface area contributed by atoms with Gasteiger partial charge in [-0.15, -0.1) is 12.6 Å². The summed E-state index contributed by atoms with van der Waals surface area (Å²) in [6.45, 7) is 0. The average Bonchev–Trinajstić information content (AvgIpc) is 2.26. The van der Waals surface area contributed by atoms with Gasteiger partial charge in [-0.1, -0.05) is 0 Å². The van der Waals surface area contributed by atoms with Gasteiger partial charge in [0, 0.05) is 0 Å². The smallest absolute Gasteiger partial charge is 0.234 e. The maximum absolute atomic E-state index is 12.7. The van der Waals surface area contributed by atoms with Crippen LogP contribution in [0.2, 0.25) is 0 Å². The van der Waals surface area contributed by atoms with Crippen LogP contribution in [0, 0.1) is 0 Å². The minimum atomic E-state index is -7.30. The summed E-state index contributed by atoms with van der Waals surface area (Å²) in [5.41, 5.74) is -4.33. The first-order chi connectivity index (χ1) is 8.55. The van der Waals surface area contributed by atoms with E-state index in [0.717, 1.165) is 0 Å². The van der Waals surface area contributed by atoms with E-state index in [-0.39, 0.29) is 0 Å². The summed E-state index contributed by atoms with van der Waals surface area (Å²) in [6.07, 6.45) is -10.0. The zero-order valence-electron chi connectivity index (χ0n) is 8.71. The van der Waals surface area contributed by atoms with E-state index in [9.17, 15) is 52.7 Å². The van der Waals surface area contributed by atoms with Gasteiger partial charge in [0.1, 0.15) is 0 Å². The monoisotopic (exact) mass is 348 g/mol. The van der Waals surface area contributed by atoms with Crippen LogP contribution in [-0.2, 0) is 0 Å². The number of hydrogen-bond acceptors (Lipinski definition) is 1. The second kappa shape index (κ2) is 5.37. The second-order valence-electron chi connectivity index (χ2n) is 3.47. The molecule has 0 bridgehead atoms. The van der Waals surface area contributed by atoms with Crippen molar-refractivity contribution in [2.24, 2.45) is 0 Å². The Bertz CT molecular complexity index is 337. The van der Waals surface area contributed by atoms with Crippen LogP contribution in [0.1, 0.15) is 0 Å². The standard InChI is InChI=1S/C7H4F12S/c8-1(2(9)10)4(12,13)6(16,17)7(18,19)5(14,15)3(11)20/h1-3,20H. The molecule has 0 saturated carbocycles. The molecule has 0 aromatic rings. The normalized spacial score (nSPS) is 18.3. The van der Waals surface area contributed by atoms with Crippen LogP contribution in [0.4, 0.5) is 52.7 Å². The fraction of sp³-hybridized carbons (Fsp3) is 1.00. The van der Waals surface area contributed by atoms with Gasteiger partial charge in [-0.05, 0) is 0 Å². The molecule has 2 unspecified atom stereocenters. The zero-order chi connectivity index (χ0) is 16.7. The summed E-state index contributed by atoms with van der Waals surface area (Å²) in [6, 6.07) is 0. The van der Waals surface area contributed by atoms with Crippen molar-refractivity contribution >= 4 is 12.6 Å². The van der Waals surface area contributed by atoms with Gasteiger partial charge in [0.15, 0.2) is 0 Å². The van der Waals surface area contributed by atoms with Crippen molar-refractivity contribution in [2.45, 2.75) is 41.8 Å². The molecule has 0 amide bonds. The Labute approximate surface area is 108 Å². The van der Waals surface area contributed by atoms with E-state index in [0.29, 0.717) is 0 Å². The summed E-state index contributed by atoms with van der Waals surface area (Å²) in [4.78, 5) is 0. The van der Waals surface area contributed by atoms with Gasteiger partial charge in [-0.3, -0.25) is 0 Å². The molecule has 0 heterocycles. The Kier molecular flexibility index (Phi) is 5.24. The van der Waals surface area contributed by atoms with Crippen molar-refractivity contribution < 1.29 is 52.7 Å². The van der Waals surface area contributed by atoms with Gasteiger partial charge in [-0.25, -0.2) is 17.6 Å². The largest absolute Gasteiger partial charge is 0.382 e. The third kappa shape index (κ3) is 2.64. The highest BCUT2D eigenvalue weighted by atomic mass is 32.1.